The molecule has 0 bridgehead atoms. The number of hydrogen-bond donors (Lipinski definition) is 1. The molecule has 0 saturated carbocycles. The molecule has 2 aromatic rings. The second-order valence-electron chi connectivity index (χ2n) is 7.42. The maximum absolute atomic E-state index is 12.5. The highest BCUT2D eigenvalue weighted by Gasteiger charge is 2.14. The summed E-state index contributed by atoms with van der Waals surface area (Å²) in [5.41, 5.74) is 4.32. The van der Waals surface area contributed by atoms with Crippen LogP contribution in [0.2, 0.25) is 0 Å². The number of aryl methyl sites for hydroxylation is 4. The summed E-state index contributed by atoms with van der Waals surface area (Å²) >= 11 is 1.46. The first-order valence-corrected chi connectivity index (χ1v) is 11.4. The zero-order valence-corrected chi connectivity index (χ0v) is 18.8. The molecule has 5 nitrogen and oxygen atoms in total. The molecule has 0 fully saturated rings. The molecule has 154 valence electrons. The molecular formula is C22H34N4OS. The number of carbonyl (C=O) groups excluding carboxylic acids is 1. The average Bonchev–Trinajstić information content (AvgIpc) is 3.04. The van der Waals surface area contributed by atoms with E-state index in [9.17, 15) is 4.79 Å². The highest BCUT2D eigenvalue weighted by Crippen LogP contribution is 2.23. The molecule has 0 radical (unpaired) electrons. The van der Waals surface area contributed by atoms with Crippen LogP contribution in [0.25, 0.3) is 0 Å². The summed E-state index contributed by atoms with van der Waals surface area (Å²) in [4.78, 5) is 12.5. The SMILES string of the molecule is CCCCCCCc1nnc(SCC(=O)Nc2c(C)cc(C)cc2C)n1CC. The maximum atomic E-state index is 12.5. The third-order valence-corrected chi connectivity index (χ3v) is 5.85. The minimum absolute atomic E-state index is 0.00757. The number of nitrogens with zero attached hydrogens (tertiary/aromatic N) is 3. The second-order valence-corrected chi connectivity index (χ2v) is 8.36. The summed E-state index contributed by atoms with van der Waals surface area (Å²) in [6.07, 6.45) is 7.20. The molecule has 0 atom stereocenters. The Labute approximate surface area is 173 Å². The molecule has 6 heteroatoms. The van der Waals surface area contributed by atoms with E-state index in [0.29, 0.717) is 5.75 Å². The lowest BCUT2D eigenvalue weighted by molar-refractivity contribution is -0.113. The number of rotatable bonds is 11. The summed E-state index contributed by atoms with van der Waals surface area (Å²) in [5.74, 6) is 1.36. The number of amides is 1. The van der Waals surface area contributed by atoms with E-state index in [4.69, 9.17) is 0 Å². The minimum atomic E-state index is -0.00757. The molecule has 1 aromatic carbocycles. The number of unbranched alkanes of at least 4 members (excludes halogenated alkanes) is 4. The molecule has 1 heterocycles. The van der Waals surface area contributed by atoms with Crippen LogP contribution in [-0.2, 0) is 17.8 Å². The fourth-order valence-electron chi connectivity index (χ4n) is 3.50. The van der Waals surface area contributed by atoms with Crippen molar-refractivity contribution < 1.29 is 4.79 Å². The van der Waals surface area contributed by atoms with Crippen molar-refractivity contribution in [3.8, 4) is 0 Å². The molecule has 0 aliphatic heterocycles. The standard InChI is InChI=1S/C22H34N4OS/c1-6-8-9-10-11-12-19-24-25-22(26(19)7-2)28-15-20(27)23-21-17(4)13-16(3)14-18(21)5/h13-14H,6-12,15H2,1-5H3,(H,23,27). The first-order chi connectivity index (χ1) is 13.5. The Hall–Kier alpha value is -1.82. The fourth-order valence-corrected chi connectivity index (χ4v) is 4.32. The van der Waals surface area contributed by atoms with E-state index < -0.39 is 0 Å². The lowest BCUT2D eigenvalue weighted by atomic mass is 10.1. The van der Waals surface area contributed by atoms with Crippen LogP contribution < -0.4 is 5.32 Å². The van der Waals surface area contributed by atoms with E-state index in [1.54, 1.807) is 0 Å². The van der Waals surface area contributed by atoms with Crippen molar-refractivity contribution in [3.05, 3.63) is 34.6 Å². The van der Waals surface area contributed by atoms with Crippen molar-refractivity contribution >= 4 is 23.4 Å². The van der Waals surface area contributed by atoms with Gasteiger partial charge in [0.05, 0.1) is 5.75 Å². The van der Waals surface area contributed by atoms with E-state index in [2.05, 4.69) is 53.0 Å². The third kappa shape index (κ3) is 6.36. The number of carbonyl (C=O) groups is 1. The largest absolute Gasteiger partial charge is 0.325 e. The van der Waals surface area contributed by atoms with Crippen LogP contribution in [0.1, 0.15) is 68.5 Å². The summed E-state index contributed by atoms with van der Waals surface area (Å²) in [7, 11) is 0. The van der Waals surface area contributed by atoms with Crippen molar-refractivity contribution in [1.29, 1.82) is 0 Å². The van der Waals surface area contributed by atoms with Gasteiger partial charge in [0.25, 0.3) is 0 Å². The topological polar surface area (TPSA) is 59.8 Å². The molecule has 1 aromatic heterocycles. The van der Waals surface area contributed by atoms with E-state index in [0.717, 1.165) is 47.2 Å². The Morgan fingerprint density at radius 2 is 1.71 bits per heavy atom. The number of aromatic nitrogens is 3. The number of thioether (sulfide) groups is 1. The molecule has 0 unspecified atom stereocenters. The molecule has 0 spiro atoms. The third-order valence-electron chi connectivity index (χ3n) is 4.89. The van der Waals surface area contributed by atoms with Crippen LogP contribution in [-0.4, -0.2) is 26.4 Å². The van der Waals surface area contributed by atoms with Gasteiger partial charge in [-0.25, -0.2) is 0 Å². The normalized spacial score (nSPS) is 11.0. The van der Waals surface area contributed by atoms with Crippen molar-refractivity contribution in [1.82, 2.24) is 14.8 Å². The Bertz CT molecular complexity index is 762. The molecule has 0 aliphatic rings. The fraction of sp³-hybridized carbons (Fsp3) is 0.591. The van der Waals surface area contributed by atoms with Gasteiger partial charge in [-0.3, -0.25) is 4.79 Å². The van der Waals surface area contributed by atoms with Crippen molar-refractivity contribution in [3.63, 3.8) is 0 Å². The van der Waals surface area contributed by atoms with Gasteiger partial charge in [-0.2, -0.15) is 0 Å². The Kier molecular flexibility index (Phi) is 9.03. The number of anilines is 1. The summed E-state index contributed by atoms with van der Waals surface area (Å²) < 4.78 is 2.14. The second kappa shape index (κ2) is 11.2. The van der Waals surface area contributed by atoms with Gasteiger partial charge in [-0.05, 0) is 45.2 Å². The molecule has 2 rings (SSSR count). The van der Waals surface area contributed by atoms with Crippen LogP contribution in [0.15, 0.2) is 17.3 Å². The maximum Gasteiger partial charge on any atom is 0.234 e. The lowest BCUT2D eigenvalue weighted by Crippen LogP contribution is -2.16. The zero-order valence-electron chi connectivity index (χ0n) is 18.0. The molecule has 0 aliphatic carbocycles. The Morgan fingerprint density at radius 3 is 2.36 bits per heavy atom. The minimum Gasteiger partial charge on any atom is -0.325 e. The Balaban J connectivity index is 1.91. The lowest BCUT2D eigenvalue weighted by Gasteiger charge is -2.13. The van der Waals surface area contributed by atoms with E-state index >= 15 is 0 Å². The summed E-state index contributed by atoms with van der Waals surface area (Å²) in [6, 6.07) is 4.19. The highest BCUT2D eigenvalue weighted by atomic mass is 32.2. The monoisotopic (exact) mass is 402 g/mol. The van der Waals surface area contributed by atoms with E-state index in [1.165, 1.54) is 43.0 Å². The van der Waals surface area contributed by atoms with Crippen molar-refractivity contribution in [2.75, 3.05) is 11.1 Å². The summed E-state index contributed by atoms with van der Waals surface area (Å²) in [6.45, 7) is 11.3. The van der Waals surface area contributed by atoms with Crippen LogP contribution in [0.4, 0.5) is 5.69 Å². The number of hydrogen-bond acceptors (Lipinski definition) is 4. The first kappa shape index (κ1) is 22.5. The van der Waals surface area contributed by atoms with Gasteiger partial charge >= 0.3 is 0 Å². The van der Waals surface area contributed by atoms with Crippen LogP contribution >= 0.6 is 11.8 Å². The molecule has 28 heavy (non-hydrogen) atoms. The predicted molar refractivity (Wildman–Crippen MR) is 118 cm³/mol. The smallest absolute Gasteiger partial charge is 0.234 e. The Morgan fingerprint density at radius 1 is 1.04 bits per heavy atom. The quantitative estimate of drug-likeness (QED) is 0.400. The van der Waals surface area contributed by atoms with Crippen molar-refractivity contribution in [2.45, 2.75) is 84.8 Å². The van der Waals surface area contributed by atoms with Gasteiger partial charge in [0.15, 0.2) is 5.16 Å². The van der Waals surface area contributed by atoms with Gasteiger partial charge < -0.3 is 9.88 Å². The van der Waals surface area contributed by atoms with Gasteiger partial charge in [0, 0.05) is 18.7 Å². The number of nitrogens with one attached hydrogen (secondary N) is 1. The van der Waals surface area contributed by atoms with Crippen molar-refractivity contribution in [2.24, 2.45) is 0 Å². The zero-order chi connectivity index (χ0) is 20.5. The van der Waals surface area contributed by atoms with Crippen LogP contribution in [0, 0.1) is 20.8 Å². The summed E-state index contributed by atoms with van der Waals surface area (Å²) in [5, 5.41) is 12.6. The van der Waals surface area contributed by atoms with Gasteiger partial charge in [0.2, 0.25) is 5.91 Å². The van der Waals surface area contributed by atoms with Gasteiger partial charge in [-0.15, -0.1) is 10.2 Å². The van der Waals surface area contributed by atoms with Gasteiger partial charge in [0.1, 0.15) is 5.82 Å². The molecule has 1 amide bonds. The van der Waals surface area contributed by atoms with Crippen LogP contribution in [0.5, 0.6) is 0 Å². The average molecular weight is 403 g/mol. The van der Waals surface area contributed by atoms with E-state index in [-0.39, 0.29) is 5.91 Å². The van der Waals surface area contributed by atoms with Crippen LogP contribution in [0.3, 0.4) is 0 Å². The predicted octanol–water partition coefficient (Wildman–Crippen LogP) is 5.47. The molecular weight excluding hydrogens is 368 g/mol. The molecule has 0 saturated heterocycles. The first-order valence-electron chi connectivity index (χ1n) is 10.4. The van der Waals surface area contributed by atoms with Gasteiger partial charge in [-0.1, -0.05) is 62.1 Å². The highest BCUT2D eigenvalue weighted by molar-refractivity contribution is 7.99. The number of benzene rings is 1. The van der Waals surface area contributed by atoms with E-state index in [1.807, 2.05) is 13.8 Å². The molecule has 1 N–H and O–H groups in total.